The number of benzene rings is 2. The van der Waals surface area contributed by atoms with Gasteiger partial charge in [-0.15, -0.1) is 0 Å². The lowest BCUT2D eigenvalue weighted by molar-refractivity contribution is -0.144. The molecule has 2 rings (SSSR count). The van der Waals surface area contributed by atoms with E-state index in [1.807, 2.05) is 55.5 Å². The predicted octanol–water partition coefficient (Wildman–Crippen LogP) is 3.39. The van der Waals surface area contributed by atoms with Gasteiger partial charge < -0.3 is 15.2 Å². The van der Waals surface area contributed by atoms with Crippen molar-refractivity contribution in [2.75, 3.05) is 13.2 Å². The number of aliphatic carboxylic acids is 1. The molecular weight excluding hydrogens is 330 g/mol. The Morgan fingerprint density at radius 3 is 2.23 bits per heavy atom. The topological polar surface area (TPSA) is 75.6 Å². The third-order valence-corrected chi connectivity index (χ3v) is 4.49. The molecule has 0 spiro atoms. The van der Waals surface area contributed by atoms with Crippen LogP contribution in [0.4, 0.5) is 0 Å². The first-order chi connectivity index (χ1) is 12.6. The molecule has 1 atom stereocenters. The van der Waals surface area contributed by atoms with E-state index in [2.05, 4.69) is 5.32 Å². The molecule has 1 unspecified atom stereocenters. The zero-order chi connectivity index (χ0) is 18.8. The number of carboxylic acid groups (broad SMARTS) is 1. The van der Waals surface area contributed by atoms with Gasteiger partial charge in [0.15, 0.2) is 0 Å². The second-order valence-electron chi connectivity index (χ2n) is 6.15. The van der Waals surface area contributed by atoms with Gasteiger partial charge in [-0.1, -0.05) is 55.5 Å². The van der Waals surface area contributed by atoms with E-state index in [1.54, 1.807) is 12.1 Å². The van der Waals surface area contributed by atoms with Crippen molar-refractivity contribution in [3.8, 4) is 5.75 Å². The summed E-state index contributed by atoms with van der Waals surface area (Å²) < 4.78 is 5.56. The van der Waals surface area contributed by atoms with Crippen LogP contribution in [0.2, 0.25) is 0 Å². The summed E-state index contributed by atoms with van der Waals surface area (Å²) in [7, 11) is 0. The molecular formula is C21H25NO4. The number of rotatable bonds is 10. The minimum absolute atomic E-state index is 0.0707. The molecule has 2 aromatic carbocycles. The molecule has 0 saturated carbocycles. The quantitative estimate of drug-likeness (QED) is 0.641. The first-order valence-corrected chi connectivity index (χ1v) is 8.82. The summed E-state index contributed by atoms with van der Waals surface area (Å²) in [6.07, 6.45) is 1.25. The fourth-order valence-corrected chi connectivity index (χ4v) is 2.82. The van der Waals surface area contributed by atoms with E-state index in [0.717, 1.165) is 5.75 Å². The molecule has 0 aliphatic carbocycles. The Bertz CT molecular complexity index is 702. The molecule has 2 aromatic rings. The molecule has 0 saturated heterocycles. The van der Waals surface area contributed by atoms with Gasteiger partial charge in [-0.3, -0.25) is 9.59 Å². The van der Waals surface area contributed by atoms with E-state index in [-0.39, 0.29) is 12.5 Å². The Kier molecular flexibility index (Phi) is 7.21. The summed E-state index contributed by atoms with van der Waals surface area (Å²) in [6.45, 7) is 2.33. The highest BCUT2D eigenvalue weighted by Crippen LogP contribution is 2.27. The lowest BCUT2D eigenvalue weighted by Gasteiger charge is -2.29. The molecule has 0 radical (unpaired) electrons. The van der Waals surface area contributed by atoms with Gasteiger partial charge in [0, 0.05) is 13.0 Å². The normalized spacial score (nSPS) is 12.8. The van der Waals surface area contributed by atoms with Crippen LogP contribution in [0.15, 0.2) is 60.7 Å². The Morgan fingerprint density at radius 2 is 1.65 bits per heavy atom. The van der Waals surface area contributed by atoms with Gasteiger partial charge >= 0.3 is 5.97 Å². The van der Waals surface area contributed by atoms with Crippen LogP contribution in [0.25, 0.3) is 0 Å². The Morgan fingerprint density at radius 1 is 1.04 bits per heavy atom. The van der Waals surface area contributed by atoms with Crippen LogP contribution in [0.5, 0.6) is 5.75 Å². The smallest absolute Gasteiger partial charge is 0.315 e. The van der Waals surface area contributed by atoms with Gasteiger partial charge in [0.25, 0.3) is 0 Å². The van der Waals surface area contributed by atoms with Gasteiger partial charge in [-0.25, -0.2) is 0 Å². The number of hydrogen-bond acceptors (Lipinski definition) is 3. The van der Waals surface area contributed by atoms with Crippen molar-refractivity contribution in [3.63, 3.8) is 0 Å². The molecule has 0 aromatic heterocycles. The first kappa shape index (κ1) is 19.5. The van der Waals surface area contributed by atoms with Crippen LogP contribution in [0.1, 0.15) is 31.7 Å². The molecule has 0 heterocycles. The van der Waals surface area contributed by atoms with Crippen LogP contribution in [-0.2, 0) is 15.0 Å². The highest BCUT2D eigenvalue weighted by Gasteiger charge is 2.38. The van der Waals surface area contributed by atoms with Crippen molar-refractivity contribution in [1.82, 2.24) is 5.32 Å². The highest BCUT2D eigenvalue weighted by atomic mass is 16.5. The summed E-state index contributed by atoms with van der Waals surface area (Å²) >= 11 is 0. The van der Waals surface area contributed by atoms with Crippen LogP contribution in [0, 0.1) is 0 Å². The molecule has 138 valence electrons. The molecule has 5 heteroatoms. The summed E-state index contributed by atoms with van der Waals surface area (Å²) in [4.78, 5) is 24.0. The summed E-state index contributed by atoms with van der Waals surface area (Å²) in [5.41, 5.74) is -0.417. The maximum Gasteiger partial charge on any atom is 0.315 e. The van der Waals surface area contributed by atoms with E-state index >= 15 is 0 Å². The fraction of sp³-hybridized carbons (Fsp3) is 0.333. The van der Waals surface area contributed by atoms with Crippen LogP contribution >= 0.6 is 0 Å². The van der Waals surface area contributed by atoms with Crippen molar-refractivity contribution in [2.24, 2.45) is 0 Å². The largest absolute Gasteiger partial charge is 0.494 e. The SMILES string of the molecule is CCC(CNC(=O)CCCOc1ccccc1)(C(=O)O)c1ccccc1. The Labute approximate surface area is 154 Å². The summed E-state index contributed by atoms with van der Waals surface area (Å²) in [5.74, 6) is -0.330. The minimum atomic E-state index is -1.11. The molecule has 5 nitrogen and oxygen atoms in total. The number of amides is 1. The number of carboxylic acids is 1. The third-order valence-electron chi connectivity index (χ3n) is 4.49. The maximum absolute atomic E-state index is 12.1. The monoisotopic (exact) mass is 355 g/mol. The molecule has 1 amide bonds. The van der Waals surface area contributed by atoms with Gasteiger partial charge in [0.1, 0.15) is 11.2 Å². The second-order valence-corrected chi connectivity index (χ2v) is 6.15. The average Bonchev–Trinajstić information content (AvgIpc) is 2.67. The van der Waals surface area contributed by atoms with Crippen molar-refractivity contribution < 1.29 is 19.4 Å². The van der Waals surface area contributed by atoms with Crippen LogP contribution in [-0.4, -0.2) is 30.1 Å². The van der Waals surface area contributed by atoms with Crippen molar-refractivity contribution in [3.05, 3.63) is 66.2 Å². The average molecular weight is 355 g/mol. The fourth-order valence-electron chi connectivity index (χ4n) is 2.82. The van der Waals surface area contributed by atoms with E-state index in [1.165, 1.54) is 0 Å². The van der Waals surface area contributed by atoms with Gasteiger partial charge in [0.2, 0.25) is 5.91 Å². The molecule has 26 heavy (non-hydrogen) atoms. The molecule has 0 aliphatic heterocycles. The molecule has 0 aliphatic rings. The first-order valence-electron chi connectivity index (χ1n) is 8.82. The minimum Gasteiger partial charge on any atom is -0.494 e. The Hall–Kier alpha value is -2.82. The number of nitrogens with one attached hydrogen (secondary N) is 1. The number of ether oxygens (including phenoxy) is 1. The van der Waals surface area contributed by atoms with Gasteiger partial charge in [-0.2, -0.15) is 0 Å². The van der Waals surface area contributed by atoms with E-state index in [4.69, 9.17) is 4.74 Å². The van der Waals surface area contributed by atoms with Crippen LogP contribution in [0.3, 0.4) is 0 Å². The van der Waals surface area contributed by atoms with Crippen molar-refractivity contribution in [1.29, 1.82) is 0 Å². The zero-order valence-electron chi connectivity index (χ0n) is 15.0. The lowest BCUT2D eigenvalue weighted by atomic mass is 9.78. The van der Waals surface area contributed by atoms with Crippen molar-refractivity contribution >= 4 is 11.9 Å². The van der Waals surface area contributed by atoms with Gasteiger partial charge in [0.05, 0.1) is 6.61 Å². The number of hydrogen-bond donors (Lipinski definition) is 2. The predicted molar refractivity (Wildman–Crippen MR) is 100 cm³/mol. The lowest BCUT2D eigenvalue weighted by Crippen LogP contribution is -2.46. The summed E-state index contributed by atoms with van der Waals surface area (Å²) in [5, 5.41) is 12.5. The van der Waals surface area contributed by atoms with Gasteiger partial charge in [-0.05, 0) is 30.5 Å². The number of carbonyl (C=O) groups excluding carboxylic acids is 1. The maximum atomic E-state index is 12.1. The molecule has 2 N–H and O–H groups in total. The standard InChI is InChI=1S/C21H25NO4/c1-2-21(20(24)25,17-10-5-3-6-11-17)16-22-19(23)14-9-15-26-18-12-7-4-8-13-18/h3-8,10-13H,2,9,14-16H2,1H3,(H,22,23)(H,24,25). The summed E-state index contributed by atoms with van der Waals surface area (Å²) in [6, 6.07) is 18.5. The van der Waals surface area contributed by atoms with E-state index in [9.17, 15) is 14.7 Å². The molecule has 0 bridgehead atoms. The molecule has 0 fully saturated rings. The highest BCUT2D eigenvalue weighted by molar-refractivity contribution is 5.83. The van der Waals surface area contributed by atoms with Crippen LogP contribution < -0.4 is 10.1 Å². The van der Waals surface area contributed by atoms with E-state index in [0.29, 0.717) is 31.4 Å². The Balaban J connectivity index is 1.84. The second kappa shape index (κ2) is 9.61. The zero-order valence-corrected chi connectivity index (χ0v) is 15.0. The third kappa shape index (κ3) is 5.09. The number of carbonyl (C=O) groups is 2. The van der Waals surface area contributed by atoms with Crippen molar-refractivity contribution in [2.45, 2.75) is 31.6 Å². The number of para-hydroxylation sites is 1. The van der Waals surface area contributed by atoms with E-state index < -0.39 is 11.4 Å².